The summed E-state index contributed by atoms with van der Waals surface area (Å²) in [4.78, 5) is 14.2. The van der Waals surface area contributed by atoms with Gasteiger partial charge < -0.3 is 16.0 Å². The zero-order chi connectivity index (χ0) is 11.7. The van der Waals surface area contributed by atoms with Crippen LogP contribution in [0.15, 0.2) is 6.07 Å². The highest BCUT2D eigenvalue weighted by molar-refractivity contribution is 7.18. The number of carbonyl (C=O) groups is 1. The lowest BCUT2D eigenvalue weighted by Crippen LogP contribution is -2.22. The number of hydrogen-bond donors (Lipinski definition) is 2. The van der Waals surface area contributed by atoms with Crippen LogP contribution < -0.4 is 11.1 Å². The number of nitrogens with two attached hydrogens (primary N) is 1. The number of anilines is 2. The lowest BCUT2D eigenvalue weighted by atomic mass is 10.2. The van der Waals surface area contributed by atoms with Crippen LogP contribution in [0.5, 0.6) is 0 Å². The smallest absolute Gasteiger partial charge is 0.171 e. The van der Waals surface area contributed by atoms with Crippen LogP contribution in [0.2, 0.25) is 0 Å². The maximum absolute atomic E-state index is 11.3. The number of thiophene rings is 1. The van der Waals surface area contributed by atoms with Crippen molar-refractivity contribution in [3.05, 3.63) is 10.9 Å². The van der Waals surface area contributed by atoms with Crippen LogP contribution in [0.3, 0.4) is 0 Å². The molecule has 1 fully saturated rings. The molecule has 0 aliphatic carbocycles. The van der Waals surface area contributed by atoms with Gasteiger partial charge in [0, 0.05) is 19.5 Å². The van der Waals surface area contributed by atoms with E-state index in [0.29, 0.717) is 16.6 Å². The Bertz CT molecular complexity index is 402. The molecule has 16 heavy (non-hydrogen) atoms. The van der Waals surface area contributed by atoms with Gasteiger partial charge in [-0.05, 0) is 26.1 Å². The number of nitrogens with zero attached hydrogens (tertiary/aromatic N) is 1. The molecular weight excluding hydrogens is 222 g/mol. The van der Waals surface area contributed by atoms with Crippen molar-refractivity contribution >= 4 is 27.8 Å². The van der Waals surface area contributed by atoms with Gasteiger partial charge in [-0.3, -0.25) is 4.79 Å². The predicted octanol–water partition coefficient (Wildman–Crippen LogP) is 1.65. The second kappa shape index (κ2) is 4.43. The van der Waals surface area contributed by atoms with E-state index in [0.717, 1.165) is 24.5 Å². The number of nitrogen functional groups attached to an aromatic ring is 1. The molecule has 0 spiro atoms. The van der Waals surface area contributed by atoms with E-state index in [1.807, 2.05) is 6.07 Å². The summed E-state index contributed by atoms with van der Waals surface area (Å²) in [6, 6.07) is 2.34. The first-order valence-electron chi connectivity index (χ1n) is 5.41. The lowest BCUT2D eigenvalue weighted by molar-refractivity contribution is 0.102. The number of Topliss-reactive ketones (excluding diaryl/α,β-unsaturated/α-hetero) is 1. The SMILES string of the molecule is CC(=O)c1sc(NC2CCN(C)C2)cc1N. The zero-order valence-corrected chi connectivity index (χ0v) is 10.4. The summed E-state index contributed by atoms with van der Waals surface area (Å²) in [7, 11) is 2.12. The van der Waals surface area contributed by atoms with Crippen LogP contribution in [0.25, 0.3) is 0 Å². The summed E-state index contributed by atoms with van der Waals surface area (Å²) in [5, 5.41) is 4.43. The van der Waals surface area contributed by atoms with Crippen LogP contribution in [-0.2, 0) is 0 Å². The Balaban J connectivity index is 2.05. The molecule has 0 saturated carbocycles. The average molecular weight is 239 g/mol. The van der Waals surface area contributed by atoms with Crippen molar-refractivity contribution in [1.29, 1.82) is 0 Å². The molecule has 0 amide bonds. The van der Waals surface area contributed by atoms with Gasteiger partial charge in [0.1, 0.15) is 0 Å². The largest absolute Gasteiger partial charge is 0.397 e. The lowest BCUT2D eigenvalue weighted by Gasteiger charge is -2.11. The Kier molecular flexibility index (Phi) is 3.16. The molecule has 5 heteroatoms. The molecule has 1 aliphatic rings. The molecule has 1 aromatic rings. The third-order valence-electron chi connectivity index (χ3n) is 2.82. The molecule has 2 heterocycles. The summed E-state index contributed by atoms with van der Waals surface area (Å²) in [5.41, 5.74) is 6.37. The van der Waals surface area contributed by atoms with E-state index < -0.39 is 0 Å². The Hall–Kier alpha value is -1.07. The Labute approximate surface area is 99.4 Å². The molecule has 0 radical (unpaired) electrons. The Morgan fingerprint density at radius 2 is 2.44 bits per heavy atom. The van der Waals surface area contributed by atoms with Crippen molar-refractivity contribution in [2.45, 2.75) is 19.4 Å². The number of rotatable bonds is 3. The van der Waals surface area contributed by atoms with Gasteiger partial charge in [-0.15, -0.1) is 11.3 Å². The van der Waals surface area contributed by atoms with E-state index in [-0.39, 0.29) is 5.78 Å². The predicted molar refractivity (Wildman–Crippen MR) is 68.3 cm³/mol. The van der Waals surface area contributed by atoms with E-state index in [1.165, 1.54) is 11.3 Å². The molecule has 3 N–H and O–H groups in total. The van der Waals surface area contributed by atoms with Crippen molar-refractivity contribution in [3.63, 3.8) is 0 Å². The minimum absolute atomic E-state index is 0.0408. The van der Waals surface area contributed by atoms with Gasteiger partial charge in [-0.1, -0.05) is 0 Å². The molecule has 4 nitrogen and oxygen atoms in total. The highest BCUT2D eigenvalue weighted by Crippen LogP contribution is 2.30. The monoisotopic (exact) mass is 239 g/mol. The molecule has 0 bridgehead atoms. The van der Waals surface area contributed by atoms with Crippen LogP contribution in [0.1, 0.15) is 23.0 Å². The number of hydrogen-bond acceptors (Lipinski definition) is 5. The van der Waals surface area contributed by atoms with E-state index in [2.05, 4.69) is 17.3 Å². The van der Waals surface area contributed by atoms with E-state index in [9.17, 15) is 4.79 Å². The van der Waals surface area contributed by atoms with Gasteiger partial charge in [0.05, 0.1) is 15.6 Å². The van der Waals surface area contributed by atoms with Crippen LogP contribution in [0.4, 0.5) is 10.7 Å². The molecule has 1 aromatic heterocycles. The molecule has 1 aliphatic heterocycles. The normalized spacial score (nSPS) is 21.2. The highest BCUT2D eigenvalue weighted by atomic mass is 32.1. The van der Waals surface area contributed by atoms with Gasteiger partial charge in [0.15, 0.2) is 5.78 Å². The Morgan fingerprint density at radius 3 is 2.94 bits per heavy atom. The molecule has 2 rings (SSSR count). The molecule has 1 saturated heterocycles. The average Bonchev–Trinajstić information content (AvgIpc) is 2.73. The number of carbonyl (C=O) groups excluding carboxylic acids is 1. The van der Waals surface area contributed by atoms with Gasteiger partial charge in [-0.2, -0.15) is 0 Å². The van der Waals surface area contributed by atoms with Crippen molar-refractivity contribution in [2.24, 2.45) is 0 Å². The molecule has 1 atom stereocenters. The summed E-state index contributed by atoms with van der Waals surface area (Å²) < 4.78 is 0. The summed E-state index contributed by atoms with van der Waals surface area (Å²) >= 11 is 1.45. The first kappa shape index (κ1) is 11.4. The second-order valence-corrected chi connectivity index (χ2v) is 5.40. The Morgan fingerprint density at radius 1 is 1.69 bits per heavy atom. The molecule has 88 valence electrons. The number of nitrogens with one attached hydrogen (secondary N) is 1. The third-order valence-corrected chi connectivity index (χ3v) is 4.00. The van der Waals surface area contributed by atoms with Crippen molar-refractivity contribution in [2.75, 3.05) is 31.2 Å². The zero-order valence-electron chi connectivity index (χ0n) is 9.62. The molecule has 0 aromatic carbocycles. The minimum atomic E-state index is 0.0408. The highest BCUT2D eigenvalue weighted by Gasteiger charge is 2.20. The van der Waals surface area contributed by atoms with Crippen molar-refractivity contribution in [3.8, 4) is 0 Å². The first-order valence-corrected chi connectivity index (χ1v) is 6.23. The van der Waals surface area contributed by atoms with Gasteiger partial charge in [0.2, 0.25) is 0 Å². The van der Waals surface area contributed by atoms with E-state index >= 15 is 0 Å². The van der Waals surface area contributed by atoms with Gasteiger partial charge in [-0.25, -0.2) is 0 Å². The van der Waals surface area contributed by atoms with Gasteiger partial charge >= 0.3 is 0 Å². The standard InChI is InChI=1S/C11H17N3OS/c1-7(15)11-9(12)5-10(16-11)13-8-3-4-14(2)6-8/h5,8,13H,3-4,6,12H2,1-2H3. The number of likely N-dealkylation sites (N-methyl/N-ethyl adjacent to an activating group) is 1. The fourth-order valence-corrected chi connectivity index (χ4v) is 2.96. The quantitative estimate of drug-likeness (QED) is 0.787. The first-order chi connectivity index (χ1) is 7.56. The summed E-state index contributed by atoms with van der Waals surface area (Å²) in [6.45, 7) is 3.72. The third kappa shape index (κ3) is 2.36. The summed E-state index contributed by atoms with van der Waals surface area (Å²) in [5.74, 6) is 0.0408. The minimum Gasteiger partial charge on any atom is -0.397 e. The van der Waals surface area contributed by atoms with Crippen molar-refractivity contribution in [1.82, 2.24) is 4.90 Å². The fourth-order valence-electron chi connectivity index (χ4n) is 2.01. The second-order valence-electron chi connectivity index (χ2n) is 4.34. The number of likely N-dealkylation sites (tertiary alicyclic amines) is 1. The summed E-state index contributed by atoms with van der Waals surface area (Å²) in [6.07, 6.45) is 1.14. The molecular formula is C11H17N3OS. The molecule has 1 unspecified atom stereocenters. The van der Waals surface area contributed by atoms with Gasteiger partial charge in [0.25, 0.3) is 0 Å². The fraction of sp³-hybridized carbons (Fsp3) is 0.545. The van der Waals surface area contributed by atoms with E-state index in [1.54, 1.807) is 6.92 Å². The number of ketones is 1. The van der Waals surface area contributed by atoms with Crippen LogP contribution in [0, 0.1) is 0 Å². The maximum atomic E-state index is 11.3. The topological polar surface area (TPSA) is 58.4 Å². The van der Waals surface area contributed by atoms with Crippen LogP contribution >= 0.6 is 11.3 Å². The maximum Gasteiger partial charge on any atom is 0.171 e. The van der Waals surface area contributed by atoms with E-state index in [4.69, 9.17) is 5.73 Å². The van der Waals surface area contributed by atoms with Crippen LogP contribution in [-0.4, -0.2) is 36.9 Å². The van der Waals surface area contributed by atoms with Crippen molar-refractivity contribution < 1.29 is 4.79 Å².